The lowest BCUT2D eigenvalue weighted by Crippen LogP contribution is -2.56. The van der Waals surface area contributed by atoms with Gasteiger partial charge in [-0.3, -0.25) is 9.78 Å². The van der Waals surface area contributed by atoms with Gasteiger partial charge in [0.15, 0.2) is 0 Å². The quantitative estimate of drug-likeness (QED) is 0.318. The smallest absolute Gasteiger partial charge is 0.426 e. The normalized spacial score (nSPS) is 17.6. The fourth-order valence-corrected chi connectivity index (χ4v) is 4.51. The van der Waals surface area contributed by atoms with E-state index < -0.39 is 24.6 Å². The number of benzene rings is 2. The molecule has 0 bridgehead atoms. The molecule has 1 unspecified atom stereocenters. The number of nitrogens with zero attached hydrogens (tertiary/aromatic N) is 2. The molecule has 1 aromatic heterocycles. The maximum absolute atomic E-state index is 13.5. The second kappa shape index (κ2) is 12.8. The second-order valence-corrected chi connectivity index (χ2v) is 10.1. The van der Waals surface area contributed by atoms with Gasteiger partial charge in [-0.2, -0.15) is 0 Å². The van der Waals surface area contributed by atoms with Gasteiger partial charge in [-0.25, -0.2) is 0 Å². The van der Waals surface area contributed by atoms with Crippen molar-refractivity contribution in [1.82, 2.24) is 10.3 Å². The van der Waals surface area contributed by atoms with Gasteiger partial charge in [0.2, 0.25) is 5.60 Å². The molecule has 4 rings (SSSR count). The van der Waals surface area contributed by atoms with E-state index in [1.165, 1.54) is 0 Å². The zero-order chi connectivity index (χ0) is 27.0. The zero-order valence-electron chi connectivity index (χ0n) is 21.8. The van der Waals surface area contributed by atoms with E-state index in [4.69, 9.17) is 9.57 Å². The van der Waals surface area contributed by atoms with E-state index in [0.717, 1.165) is 22.5 Å². The lowest BCUT2D eigenvalue weighted by Gasteiger charge is -2.29. The number of carbonyl (C=O) groups excluding carboxylic acids is 1. The van der Waals surface area contributed by atoms with E-state index in [0.29, 0.717) is 12.1 Å². The molecule has 2 atom stereocenters. The van der Waals surface area contributed by atoms with Crippen LogP contribution in [0.15, 0.2) is 84.0 Å². The molecule has 0 saturated heterocycles. The van der Waals surface area contributed by atoms with Crippen LogP contribution in [-0.2, 0) is 27.4 Å². The minimum Gasteiger partial charge on any atom is -0.426 e. The van der Waals surface area contributed by atoms with Crippen LogP contribution in [-0.4, -0.2) is 51.9 Å². The largest absolute Gasteiger partial charge is 0.475 e. The first-order chi connectivity index (χ1) is 18.3. The monoisotopic (exact) mass is 515 g/mol. The fraction of sp³-hybridized carbons (Fsp3) is 0.345. The molecule has 3 N–H and O–H groups in total. The van der Waals surface area contributed by atoms with E-state index in [1.54, 1.807) is 0 Å². The number of carbonyl (C=O) groups is 1. The highest BCUT2D eigenvalue weighted by molar-refractivity contribution is 6.43. The highest BCUT2D eigenvalue weighted by atomic mass is 16.7. The molecule has 3 aromatic rings. The Kier molecular flexibility index (Phi) is 9.28. The van der Waals surface area contributed by atoms with Crippen LogP contribution in [0.25, 0.3) is 11.3 Å². The van der Waals surface area contributed by atoms with Gasteiger partial charge in [-0.1, -0.05) is 85.7 Å². The number of nitrogens with one attached hydrogen (secondary N) is 1. The predicted molar refractivity (Wildman–Crippen MR) is 147 cm³/mol. The Bertz CT molecular complexity index is 1220. The van der Waals surface area contributed by atoms with E-state index in [1.807, 2.05) is 92.7 Å². The molecule has 1 aliphatic heterocycles. The Morgan fingerprint density at radius 1 is 1.03 bits per heavy atom. The van der Waals surface area contributed by atoms with Gasteiger partial charge in [0.25, 0.3) is 5.91 Å². The predicted octanol–water partition coefficient (Wildman–Crippen LogP) is 3.57. The first kappa shape index (κ1) is 27.5. The summed E-state index contributed by atoms with van der Waals surface area (Å²) in [4.78, 5) is 24.0. The van der Waals surface area contributed by atoms with Crippen LogP contribution in [0.5, 0.6) is 0 Å². The number of ether oxygens (including phenoxy) is 1. The minimum absolute atomic E-state index is 0.158. The number of aromatic nitrogens is 1. The summed E-state index contributed by atoms with van der Waals surface area (Å²) in [5.74, 6) is -1.09. The van der Waals surface area contributed by atoms with E-state index in [2.05, 4.69) is 15.5 Å². The van der Waals surface area contributed by atoms with Crippen LogP contribution in [0.4, 0.5) is 0 Å². The fourth-order valence-electron chi connectivity index (χ4n) is 4.51. The molecular weight excluding hydrogens is 481 g/mol. The summed E-state index contributed by atoms with van der Waals surface area (Å²) in [6.07, 6.45) is 0.918. The third-order valence-electron chi connectivity index (χ3n) is 6.38. The van der Waals surface area contributed by atoms with E-state index in [9.17, 15) is 14.8 Å². The van der Waals surface area contributed by atoms with Gasteiger partial charge >= 0.3 is 7.12 Å². The highest BCUT2D eigenvalue weighted by Gasteiger charge is 2.48. The summed E-state index contributed by atoms with van der Waals surface area (Å²) >= 11 is 0. The molecule has 0 radical (unpaired) electrons. The summed E-state index contributed by atoms with van der Waals surface area (Å²) in [6.45, 7) is 4.37. The standard InChI is InChI=1S/C29H34BN3O5/c1-21(2)16-27(30(35)36)32-28(34)29(17-22-10-5-3-6-11-22)18-25(33-38-29)20-37-19-24-14-9-15-26(31-24)23-12-7-4-8-13-23/h3-15,21,27,35-36H,16-20H2,1-2H3,(H,32,34)/t27-,29?/m0/s1. The topological polar surface area (TPSA) is 113 Å². The molecule has 1 amide bonds. The molecule has 38 heavy (non-hydrogen) atoms. The average Bonchev–Trinajstić information content (AvgIpc) is 3.33. The molecule has 0 saturated carbocycles. The Morgan fingerprint density at radius 3 is 2.42 bits per heavy atom. The van der Waals surface area contributed by atoms with Crippen molar-refractivity contribution in [3.8, 4) is 11.3 Å². The lowest BCUT2D eigenvalue weighted by molar-refractivity contribution is -0.144. The molecule has 2 aromatic carbocycles. The number of rotatable bonds is 12. The van der Waals surface area contributed by atoms with E-state index >= 15 is 0 Å². The molecule has 2 heterocycles. The molecule has 0 spiro atoms. The summed E-state index contributed by atoms with van der Waals surface area (Å²) < 4.78 is 5.90. The SMILES string of the molecule is CC(C)C[C@H](NC(=O)C1(Cc2ccccc2)CC(COCc2cccc(-c3ccccc3)n2)=NO1)B(O)O. The molecule has 198 valence electrons. The summed E-state index contributed by atoms with van der Waals surface area (Å²) in [7, 11) is -1.68. The van der Waals surface area contributed by atoms with Crippen LogP contribution in [0, 0.1) is 5.92 Å². The molecule has 8 nitrogen and oxygen atoms in total. The highest BCUT2D eigenvalue weighted by Crippen LogP contribution is 2.30. The minimum atomic E-state index is -1.68. The van der Waals surface area contributed by atoms with Gasteiger partial charge in [0.05, 0.1) is 36.3 Å². The van der Waals surface area contributed by atoms with Crippen molar-refractivity contribution in [3.63, 3.8) is 0 Å². The van der Waals surface area contributed by atoms with Crippen molar-refractivity contribution in [2.45, 2.75) is 51.3 Å². The number of oxime groups is 1. The molecular formula is C29H34BN3O5. The summed E-state index contributed by atoms with van der Waals surface area (Å²) in [5.41, 5.74) is 2.88. The molecule has 9 heteroatoms. The van der Waals surface area contributed by atoms with Gasteiger partial charge in [-0.15, -0.1) is 0 Å². The van der Waals surface area contributed by atoms with E-state index in [-0.39, 0.29) is 32.0 Å². The zero-order valence-corrected chi connectivity index (χ0v) is 21.8. The summed E-state index contributed by atoms with van der Waals surface area (Å²) in [6, 6.07) is 25.3. The van der Waals surface area contributed by atoms with Gasteiger partial charge in [-0.05, 0) is 30.0 Å². The first-order valence-corrected chi connectivity index (χ1v) is 12.9. The van der Waals surface area contributed by atoms with Crippen LogP contribution in [0.1, 0.15) is 37.9 Å². The molecule has 0 aliphatic carbocycles. The Hall–Kier alpha value is -3.53. The van der Waals surface area contributed by atoms with Crippen LogP contribution in [0.3, 0.4) is 0 Å². The van der Waals surface area contributed by atoms with Gasteiger partial charge < -0.3 is 24.9 Å². The number of pyridine rings is 1. The second-order valence-electron chi connectivity index (χ2n) is 10.1. The lowest BCUT2D eigenvalue weighted by atomic mass is 9.74. The molecule has 0 fully saturated rings. The maximum Gasteiger partial charge on any atom is 0.475 e. The number of hydrogen-bond donors (Lipinski definition) is 3. The third kappa shape index (κ3) is 7.28. The first-order valence-electron chi connectivity index (χ1n) is 12.9. The van der Waals surface area contributed by atoms with Gasteiger partial charge in [0.1, 0.15) is 0 Å². The van der Waals surface area contributed by atoms with Crippen molar-refractivity contribution < 1.29 is 24.4 Å². The third-order valence-corrected chi connectivity index (χ3v) is 6.38. The van der Waals surface area contributed by atoms with Crippen LogP contribution < -0.4 is 5.32 Å². The van der Waals surface area contributed by atoms with Crippen molar-refractivity contribution in [2.24, 2.45) is 11.1 Å². The average molecular weight is 515 g/mol. The Labute approximate surface area is 223 Å². The van der Waals surface area contributed by atoms with Crippen LogP contribution in [0.2, 0.25) is 0 Å². The van der Waals surface area contributed by atoms with Crippen LogP contribution >= 0.6 is 0 Å². The summed E-state index contributed by atoms with van der Waals surface area (Å²) in [5, 5.41) is 26.7. The van der Waals surface area contributed by atoms with Crippen molar-refractivity contribution in [3.05, 3.63) is 90.1 Å². The Morgan fingerprint density at radius 2 is 1.74 bits per heavy atom. The Balaban J connectivity index is 1.41. The van der Waals surface area contributed by atoms with Crippen molar-refractivity contribution in [2.75, 3.05) is 6.61 Å². The number of hydrogen-bond acceptors (Lipinski definition) is 7. The number of amides is 1. The molecule has 1 aliphatic rings. The van der Waals surface area contributed by atoms with Crippen molar-refractivity contribution in [1.29, 1.82) is 0 Å². The van der Waals surface area contributed by atoms with Gasteiger partial charge in [0, 0.05) is 18.4 Å². The maximum atomic E-state index is 13.5. The van der Waals surface area contributed by atoms with Crippen molar-refractivity contribution >= 4 is 18.7 Å².